The van der Waals surface area contributed by atoms with Gasteiger partial charge in [0.05, 0.1) is 17.7 Å². The summed E-state index contributed by atoms with van der Waals surface area (Å²) in [4.78, 5) is 28.8. The van der Waals surface area contributed by atoms with Gasteiger partial charge >= 0.3 is 0 Å². The first-order chi connectivity index (χ1) is 19.1. The highest BCUT2D eigenvalue weighted by atomic mass is 32.2. The van der Waals surface area contributed by atoms with E-state index in [0.29, 0.717) is 18.7 Å². The van der Waals surface area contributed by atoms with Gasteiger partial charge < -0.3 is 15.0 Å². The molecular formula is C31H39N3O5S. The van der Waals surface area contributed by atoms with Gasteiger partial charge in [-0.2, -0.15) is 0 Å². The maximum atomic E-state index is 14.1. The van der Waals surface area contributed by atoms with Crippen molar-refractivity contribution in [1.29, 1.82) is 0 Å². The summed E-state index contributed by atoms with van der Waals surface area (Å²) in [5.41, 5.74) is 2.80. The van der Waals surface area contributed by atoms with Gasteiger partial charge in [-0.25, -0.2) is 8.42 Å². The summed E-state index contributed by atoms with van der Waals surface area (Å²) in [6, 6.07) is 20.2. The Kier molecular flexibility index (Phi) is 10.7. The molecule has 8 nitrogen and oxygen atoms in total. The molecule has 0 bridgehead atoms. The average Bonchev–Trinajstić information content (AvgIpc) is 2.95. The largest absolute Gasteiger partial charge is 0.495 e. The second kappa shape index (κ2) is 14.0. The summed E-state index contributed by atoms with van der Waals surface area (Å²) in [6.07, 6.45) is 1.12. The number of carbonyl (C=O) groups is 2. The molecule has 0 radical (unpaired) electrons. The van der Waals surface area contributed by atoms with E-state index in [0.717, 1.165) is 27.4 Å². The maximum absolute atomic E-state index is 14.1. The molecule has 1 atom stereocenters. The first kappa shape index (κ1) is 30.7. The van der Waals surface area contributed by atoms with E-state index < -0.39 is 28.5 Å². The van der Waals surface area contributed by atoms with E-state index in [1.165, 1.54) is 24.1 Å². The van der Waals surface area contributed by atoms with Gasteiger partial charge in [-0.3, -0.25) is 13.9 Å². The van der Waals surface area contributed by atoms with Gasteiger partial charge in [0.25, 0.3) is 10.0 Å². The molecule has 214 valence electrons. The van der Waals surface area contributed by atoms with Gasteiger partial charge in [0.1, 0.15) is 18.3 Å². The summed E-state index contributed by atoms with van der Waals surface area (Å²) < 4.78 is 34.8. The number of anilines is 1. The number of benzene rings is 3. The second-order valence-corrected chi connectivity index (χ2v) is 11.6. The van der Waals surface area contributed by atoms with Crippen molar-refractivity contribution in [2.45, 2.75) is 58.0 Å². The zero-order chi connectivity index (χ0) is 29.3. The smallest absolute Gasteiger partial charge is 0.264 e. The van der Waals surface area contributed by atoms with Crippen LogP contribution in [-0.2, 0) is 26.2 Å². The van der Waals surface area contributed by atoms with Crippen LogP contribution in [0.1, 0.15) is 43.4 Å². The molecule has 0 aliphatic carbocycles. The van der Waals surface area contributed by atoms with Crippen LogP contribution in [0.3, 0.4) is 0 Å². The summed E-state index contributed by atoms with van der Waals surface area (Å²) in [5, 5.41) is 2.89. The van der Waals surface area contributed by atoms with Crippen LogP contribution in [0, 0.1) is 13.8 Å². The lowest BCUT2D eigenvalue weighted by atomic mass is 10.1. The molecule has 0 aromatic heterocycles. The van der Waals surface area contributed by atoms with Crippen LogP contribution in [0.15, 0.2) is 77.7 Å². The molecule has 3 aromatic carbocycles. The lowest BCUT2D eigenvalue weighted by molar-refractivity contribution is -0.140. The minimum Gasteiger partial charge on any atom is -0.495 e. The fraction of sp³-hybridized carbons (Fsp3) is 0.355. The Morgan fingerprint density at radius 3 is 2.17 bits per heavy atom. The first-order valence-electron chi connectivity index (χ1n) is 13.5. The number of nitrogens with one attached hydrogen (secondary N) is 1. The SMILES string of the molecule is CCCNC(=O)C(CC)N(Cc1ccccc1)C(=O)CN(c1cc(C)ccc1OC)S(=O)(=O)c1ccc(C)cc1. The molecule has 0 saturated carbocycles. The normalized spacial score (nSPS) is 11.9. The van der Waals surface area contributed by atoms with Crippen LogP contribution in [0.2, 0.25) is 0 Å². The zero-order valence-corrected chi connectivity index (χ0v) is 24.7. The number of nitrogens with zero attached hydrogens (tertiary/aromatic N) is 2. The van der Waals surface area contributed by atoms with Crippen molar-refractivity contribution in [3.05, 3.63) is 89.5 Å². The van der Waals surface area contributed by atoms with Gasteiger partial charge in [-0.1, -0.05) is 67.9 Å². The van der Waals surface area contributed by atoms with Crippen LogP contribution < -0.4 is 14.4 Å². The van der Waals surface area contributed by atoms with Crippen molar-refractivity contribution in [3.8, 4) is 5.75 Å². The van der Waals surface area contributed by atoms with E-state index in [9.17, 15) is 18.0 Å². The van der Waals surface area contributed by atoms with Gasteiger partial charge in [0, 0.05) is 13.1 Å². The third-order valence-corrected chi connectivity index (χ3v) is 8.40. The van der Waals surface area contributed by atoms with Crippen molar-refractivity contribution < 1.29 is 22.7 Å². The molecule has 0 heterocycles. The first-order valence-corrected chi connectivity index (χ1v) is 14.9. The van der Waals surface area contributed by atoms with Gasteiger partial charge in [-0.15, -0.1) is 0 Å². The van der Waals surface area contributed by atoms with Crippen LogP contribution in [0.25, 0.3) is 0 Å². The van der Waals surface area contributed by atoms with Crippen molar-refractivity contribution in [2.24, 2.45) is 0 Å². The quantitative estimate of drug-likeness (QED) is 0.320. The zero-order valence-electron chi connectivity index (χ0n) is 23.9. The van der Waals surface area contributed by atoms with E-state index in [1.807, 2.05) is 64.1 Å². The molecule has 0 spiro atoms. The minimum absolute atomic E-state index is 0.0526. The van der Waals surface area contributed by atoms with E-state index >= 15 is 0 Å². The molecule has 3 rings (SSSR count). The second-order valence-electron chi connectivity index (χ2n) is 9.72. The molecule has 40 heavy (non-hydrogen) atoms. The molecular weight excluding hydrogens is 526 g/mol. The maximum Gasteiger partial charge on any atom is 0.264 e. The Balaban J connectivity index is 2.11. The van der Waals surface area contributed by atoms with Crippen LogP contribution in [0.4, 0.5) is 5.69 Å². The number of rotatable bonds is 13. The molecule has 1 N–H and O–H groups in total. The summed E-state index contributed by atoms with van der Waals surface area (Å²) in [6.45, 7) is 7.63. The molecule has 0 fully saturated rings. The average molecular weight is 566 g/mol. The number of carbonyl (C=O) groups excluding carboxylic acids is 2. The van der Waals surface area contributed by atoms with Crippen molar-refractivity contribution in [3.63, 3.8) is 0 Å². The molecule has 0 saturated heterocycles. The van der Waals surface area contributed by atoms with Crippen molar-refractivity contribution in [2.75, 3.05) is 24.5 Å². The Morgan fingerprint density at radius 2 is 1.57 bits per heavy atom. The van der Waals surface area contributed by atoms with Gasteiger partial charge in [0.2, 0.25) is 11.8 Å². The van der Waals surface area contributed by atoms with E-state index in [2.05, 4.69) is 5.32 Å². The third kappa shape index (κ3) is 7.41. The number of methoxy groups -OCH3 is 1. The number of hydrogen-bond donors (Lipinski definition) is 1. The monoisotopic (exact) mass is 565 g/mol. The summed E-state index contributed by atoms with van der Waals surface area (Å²) in [5.74, 6) is -0.451. The number of aryl methyl sites for hydroxylation is 2. The van der Waals surface area contributed by atoms with E-state index in [1.54, 1.807) is 24.3 Å². The summed E-state index contributed by atoms with van der Waals surface area (Å²) >= 11 is 0. The van der Waals surface area contributed by atoms with Crippen molar-refractivity contribution >= 4 is 27.5 Å². The fourth-order valence-electron chi connectivity index (χ4n) is 4.41. The molecule has 0 aliphatic heterocycles. The Hall–Kier alpha value is -3.85. The molecule has 2 amide bonds. The molecule has 3 aromatic rings. The lowest BCUT2D eigenvalue weighted by Crippen LogP contribution is -2.52. The number of sulfonamides is 1. The Labute approximate surface area is 238 Å². The predicted molar refractivity (Wildman–Crippen MR) is 158 cm³/mol. The highest BCUT2D eigenvalue weighted by molar-refractivity contribution is 7.92. The molecule has 1 unspecified atom stereocenters. The van der Waals surface area contributed by atoms with Crippen LogP contribution in [-0.4, -0.2) is 51.4 Å². The Morgan fingerprint density at radius 1 is 0.925 bits per heavy atom. The van der Waals surface area contributed by atoms with Crippen LogP contribution in [0.5, 0.6) is 5.75 Å². The minimum atomic E-state index is -4.18. The highest BCUT2D eigenvalue weighted by Crippen LogP contribution is 2.34. The Bertz CT molecular complexity index is 1390. The van der Waals surface area contributed by atoms with E-state index in [4.69, 9.17) is 4.74 Å². The predicted octanol–water partition coefficient (Wildman–Crippen LogP) is 4.84. The standard InChI is InChI=1S/C31H39N3O5S/c1-6-19-32-31(36)27(7-2)33(21-25-11-9-8-10-12-25)30(35)22-34(28-20-24(4)15-18-29(28)39-5)40(37,38)26-16-13-23(3)14-17-26/h8-18,20,27H,6-7,19,21-22H2,1-5H3,(H,32,36). The molecule has 0 aliphatic rings. The molecule has 9 heteroatoms. The van der Waals surface area contributed by atoms with Crippen molar-refractivity contribution in [1.82, 2.24) is 10.2 Å². The van der Waals surface area contributed by atoms with Crippen LogP contribution >= 0.6 is 0 Å². The van der Waals surface area contributed by atoms with Gasteiger partial charge in [0.15, 0.2) is 0 Å². The number of amides is 2. The van der Waals surface area contributed by atoms with E-state index in [-0.39, 0.29) is 23.0 Å². The highest BCUT2D eigenvalue weighted by Gasteiger charge is 2.34. The fourth-order valence-corrected chi connectivity index (χ4v) is 5.83. The van der Waals surface area contributed by atoms with Gasteiger partial charge in [-0.05, 0) is 62.1 Å². The summed E-state index contributed by atoms with van der Waals surface area (Å²) in [7, 11) is -2.73. The third-order valence-electron chi connectivity index (χ3n) is 6.62. The topological polar surface area (TPSA) is 96.0 Å². The lowest BCUT2D eigenvalue weighted by Gasteiger charge is -2.33. The number of hydrogen-bond acceptors (Lipinski definition) is 5. The number of ether oxygens (including phenoxy) is 1.